The Bertz CT molecular complexity index is 6890. The summed E-state index contributed by atoms with van der Waals surface area (Å²) in [4.78, 5) is 15.7. The molecule has 22 aromatic rings. The summed E-state index contributed by atoms with van der Waals surface area (Å²) in [6.45, 7) is 0. The van der Waals surface area contributed by atoms with Crippen molar-refractivity contribution in [3.8, 4) is 123 Å². The molecule has 110 heavy (non-hydrogen) atoms. The maximum Gasteiger partial charge on any atom is 0.0715 e. The minimum absolute atomic E-state index is 0.917. The van der Waals surface area contributed by atoms with E-state index in [1.165, 1.54) is 115 Å². The van der Waals surface area contributed by atoms with Crippen LogP contribution in [0.2, 0.25) is 0 Å². The van der Waals surface area contributed by atoms with Crippen LogP contribution in [0.5, 0.6) is 0 Å². The molecule has 5 nitrogen and oxygen atoms in total. The van der Waals surface area contributed by atoms with Crippen LogP contribution in [-0.4, -0.2) is 24.1 Å². The van der Waals surface area contributed by atoms with Crippen LogP contribution in [-0.2, 0) is 0 Å². The van der Waals surface area contributed by atoms with Gasteiger partial charge in [-0.15, -0.1) is 0 Å². The minimum Gasteiger partial charge on any atom is -0.309 e. The van der Waals surface area contributed by atoms with Gasteiger partial charge in [-0.2, -0.15) is 0 Å². The molecule has 0 atom stereocenters. The SMILES string of the molecule is c1ccc(-c2ccc(-c3cc(-c4ccc(-c5ccccc5)cc4)nc(-c4ccc5cc(-n6c7cccc8ccc9cccc6c9c87)ccc5c4)c3)cc2)cc1.c1ccc(-c2cccc(-c3cc(-c4cccc(-c5ccccc5)n4)cc(-c4ccc(-n5c6cccc7ccc8cccc5c8c76)c5ccccc45)c3)n2)cc1. The van der Waals surface area contributed by atoms with Crippen molar-refractivity contribution >= 4 is 86.7 Å². The lowest BCUT2D eigenvalue weighted by atomic mass is 9.92. The van der Waals surface area contributed by atoms with Gasteiger partial charge in [-0.3, -0.25) is 0 Å². The second-order valence-corrected chi connectivity index (χ2v) is 28.6. The second kappa shape index (κ2) is 26.7. The van der Waals surface area contributed by atoms with Crippen LogP contribution < -0.4 is 0 Å². The first kappa shape index (κ1) is 63.8. The first-order valence-corrected chi connectivity index (χ1v) is 37.6. The van der Waals surface area contributed by atoms with Crippen LogP contribution in [0.25, 0.3) is 210 Å². The molecule has 512 valence electrons. The topological polar surface area (TPSA) is 48.5 Å². The van der Waals surface area contributed by atoms with E-state index in [0.717, 1.165) is 95.5 Å². The van der Waals surface area contributed by atoms with E-state index >= 15 is 0 Å². The summed E-state index contributed by atoms with van der Waals surface area (Å²) in [7, 11) is 0. The third-order valence-electron chi connectivity index (χ3n) is 22.1. The molecule has 5 aromatic heterocycles. The first-order chi connectivity index (χ1) is 54.5. The molecule has 0 aliphatic rings. The zero-order valence-electron chi connectivity index (χ0n) is 59.9. The Morgan fingerprint density at radius 3 is 0.991 bits per heavy atom. The molecule has 5 heteroatoms. The van der Waals surface area contributed by atoms with Crippen LogP contribution in [0.15, 0.2) is 406 Å². The average molecular weight is 1400 g/mol. The third-order valence-corrected chi connectivity index (χ3v) is 22.1. The average Bonchev–Trinajstić information content (AvgIpc) is 1.58. The number of nitrogens with zero attached hydrogens (tertiary/aromatic N) is 5. The molecule has 0 amide bonds. The van der Waals surface area contributed by atoms with E-state index in [0.29, 0.717) is 0 Å². The standard InChI is InChI=1S/C53H34N2.C52H33N3/c1-3-9-35(10-4-1)37-17-19-39(20-18-37)46-33-48(40-23-21-38(22-24-40)36-11-5-2-6-12-36)54-49(34-46)45-28-27-44-32-47(30-29-43(44)31-45)55-50-15-7-13-41-25-26-42-14-8-16-51(55)53(42)52(41)50;1-3-13-34(14-4-1)44-21-11-23-46(53-44)39-31-38(32-40(33-39)47-24-12-22-45(54-47)35-15-5-2-6-16-35)41-29-30-48(43-20-8-7-19-42(41)43)55-49-25-9-17-36-27-28-37-18-10-26-50(55)52(37)51(36)49/h1-34H;1-33H. The summed E-state index contributed by atoms with van der Waals surface area (Å²) >= 11 is 0. The maximum atomic E-state index is 5.31. The second-order valence-electron chi connectivity index (χ2n) is 28.6. The van der Waals surface area contributed by atoms with Gasteiger partial charge in [0.25, 0.3) is 0 Å². The van der Waals surface area contributed by atoms with Crippen molar-refractivity contribution < 1.29 is 0 Å². The summed E-state index contributed by atoms with van der Waals surface area (Å²) in [5, 5.41) is 15.1. The van der Waals surface area contributed by atoms with Gasteiger partial charge in [0.2, 0.25) is 0 Å². The fraction of sp³-hybridized carbons (Fsp3) is 0. The summed E-state index contributed by atoms with van der Waals surface area (Å²) in [5.41, 5.74) is 28.7. The first-order valence-electron chi connectivity index (χ1n) is 37.6. The fourth-order valence-corrected chi connectivity index (χ4v) is 16.8. The van der Waals surface area contributed by atoms with Crippen LogP contribution >= 0.6 is 0 Å². The number of hydrogen-bond donors (Lipinski definition) is 0. The van der Waals surface area contributed by atoms with Gasteiger partial charge in [-0.1, -0.05) is 303 Å². The van der Waals surface area contributed by atoms with E-state index in [1.807, 2.05) is 12.1 Å². The van der Waals surface area contributed by atoms with Gasteiger partial charge in [-0.05, 0) is 185 Å². The molecule has 0 bridgehead atoms. The predicted octanol–water partition coefficient (Wildman–Crippen LogP) is 27.9. The van der Waals surface area contributed by atoms with Gasteiger partial charge < -0.3 is 9.13 Å². The lowest BCUT2D eigenvalue weighted by molar-refractivity contribution is 1.19. The molecule has 0 fully saturated rings. The molecule has 0 spiro atoms. The highest BCUT2D eigenvalue weighted by Gasteiger charge is 2.22. The van der Waals surface area contributed by atoms with Gasteiger partial charge in [0.1, 0.15) is 0 Å². The van der Waals surface area contributed by atoms with E-state index in [2.05, 4.69) is 403 Å². The van der Waals surface area contributed by atoms with E-state index < -0.39 is 0 Å². The summed E-state index contributed by atoms with van der Waals surface area (Å²) < 4.78 is 4.87. The van der Waals surface area contributed by atoms with Crippen LogP contribution in [0.3, 0.4) is 0 Å². The Labute approximate surface area is 636 Å². The molecular formula is C105H67N5. The predicted molar refractivity (Wildman–Crippen MR) is 462 cm³/mol. The quantitative estimate of drug-likeness (QED) is 0.115. The van der Waals surface area contributed by atoms with E-state index in [-0.39, 0.29) is 0 Å². The fourth-order valence-electron chi connectivity index (χ4n) is 16.8. The minimum atomic E-state index is 0.917. The Morgan fingerprint density at radius 2 is 0.500 bits per heavy atom. The molecule has 0 radical (unpaired) electrons. The summed E-state index contributed by atoms with van der Waals surface area (Å²) in [6.07, 6.45) is 0. The van der Waals surface area contributed by atoms with Crippen LogP contribution in [0, 0.1) is 0 Å². The molecule has 0 N–H and O–H groups in total. The van der Waals surface area contributed by atoms with Crippen molar-refractivity contribution in [3.63, 3.8) is 0 Å². The van der Waals surface area contributed by atoms with Crippen LogP contribution in [0.4, 0.5) is 0 Å². The monoisotopic (exact) mass is 1400 g/mol. The van der Waals surface area contributed by atoms with E-state index in [1.54, 1.807) is 0 Å². The summed E-state index contributed by atoms with van der Waals surface area (Å²) in [5.74, 6) is 0. The van der Waals surface area contributed by atoms with Crippen LogP contribution in [0.1, 0.15) is 0 Å². The molecular weight excluding hydrogens is 1330 g/mol. The maximum absolute atomic E-state index is 5.31. The van der Waals surface area contributed by atoms with Gasteiger partial charge in [0.05, 0.1) is 61.9 Å². The van der Waals surface area contributed by atoms with Gasteiger partial charge in [0.15, 0.2) is 0 Å². The van der Waals surface area contributed by atoms with Crippen molar-refractivity contribution in [1.82, 2.24) is 24.1 Å². The normalized spacial score (nSPS) is 11.6. The lowest BCUT2D eigenvalue weighted by Crippen LogP contribution is -1.97. The van der Waals surface area contributed by atoms with Crippen molar-refractivity contribution in [1.29, 1.82) is 0 Å². The highest BCUT2D eigenvalue weighted by Crippen LogP contribution is 2.45. The highest BCUT2D eigenvalue weighted by atomic mass is 15.0. The van der Waals surface area contributed by atoms with Gasteiger partial charge in [0, 0.05) is 66.0 Å². The largest absolute Gasteiger partial charge is 0.309 e. The highest BCUT2D eigenvalue weighted by molar-refractivity contribution is 6.26. The lowest BCUT2D eigenvalue weighted by Gasteiger charge is -2.16. The smallest absolute Gasteiger partial charge is 0.0715 e. The number of benzene rings is 17. The Balaban J connectivity index is 0.000000140. The molecule has 22 rings (SSSR count). The van der Waals surface area contributed by atoms with Crippen molar-refractivity contribution in [2.24, 2.45) is 0 Å². The van der Waals surface area contributed by atoms with E-state index in [9.17, 15) is 0 Å². The molecule has 0 unspecified atom stereocenters. The Kier molecular flexibility index (Phi) is 15.5. The molecule has 0 aliphatic heterocycles. The molecule has 0 saturated carbocycles. The third kappa shape index (κ3) is 11.3. The number of hydrogen-bond acceptors (Lipinski definition) is 3. The zero-order valence-corrected chi connectivity index (χ0v) is 59.9. The molecule has 5 heterocycles. The number of fused-ring (bicyclic) bond motifs is 2. The van der Waals surface area contributed by atoms with Crippen molar-refractivity contribution in [2.75, 3.05) is 0 Å². The van der Waals surface area contributed by atoms with E-state index in [4.69, 9.17) is 15.0 Å². The van der Waals surface area contributed by atoms with Crippen molar-refractivity contribution in [2.45, 2.75) is 0 Å². The van der Waals surface area contributed by atoms with Crippen molar-refractivity contribution in [3.05, 3.63) is 406 Å². The van der Waals surface area contributed by atoms with Gasteiger partial charge >= 0.3 is 0 Å². The summed E-state index contributed by atoms with van der Waals surface area (Å²) in [6, 6.07) is 146. The zero-order chi connectivity index (χ0) is 72.6. The van der Waals surface area contributed by atoms with Gasteiger partial charge in [-0.25, -0.2) is 15.0 Å². The number of pyridine rings is 3. The number of rotatable bonds is 12. The Morgan fingerprint density at radius 1 is 0.164 bits per heavy atom. The molecule has 17 aromatic carbocycles. The number of aromatic nitrogens is 5. The molecule has 0 aliphatic carbocycles. The Hall–Kier alpha value is -14.7. The molecule has 0 saturated heterocycles.